The van der Waals surface area contributed by atoms with Crippen molar-refractivity contribution in [3.8, 4) is 5.75 Å². The summed E-state index contributed by atoms with van der Waals surface area (Å²) in [6, 6.07) is 6.42. The van der Waals surface area contributed by atoms with Gasteiger partial charge in [0, 0.05) is 0 Å². The first-order valence-corrected chi connectivity index (χ1v) is 7.27. The van der Waals surface area contributed by atoms with E-state index in [1.807, 2.05) is 13.8 Å². The summed E-state index contributed by atoms with van der Waals surface area (Å²) in [4.78, 5) is 0. The molecular formula is C16H25NO. The van der Waals surface area contributed by atoms with Crippen LogP contribution in [-0.2, 0) is 6.42 Å². The molecule has 2 heterocycles. The van der Waals surface area contributed by atoms with Crippen LogP contribution in [0, 0.1) is 6.92 Å². The summed E-state index contributed by atoms with van der Waals surface area (Å²) in [5.74, 6) is 1.13. The number of hydrogen-bond donors (Lipinski definition) is 1. The van der Waals surface area contributed by atoms with E-state index in [0.29, 0.717) is 0 Å². The van der Waals surface area contributed by atoms with Crippen molar-refractivity contribution in [3.05, 3.63) is 29.3 Å². The molecular weight excluding hydrogens is 222 g/mol. The summed E-state index contributed by atoms with van der Waals surface area (Å²) < 4.78 is 6.30. The molecule has 1 N–H and O–H groups in total. The Morgan fingerprint density at radius 1 is 1.11 bits per heavy atom. The first-order valence-electron chi connectivity index (χ1n) is 7.27. The van der Waals surface area contributed by atoms with E-state index in [-0.39, 0.29) is 5.60 Å². The zero-order valence-electron chi connectivity index (χ0n) is 11.9. The normalized spacial score (nSPS) is 20.4. The van der Waals surface area contributed by atoms with E-state index >= 15 is 0 Å². The number of fused-ring (bicyclic) bond motifs is 1. The maximum absolute atomic E-state index is 6.30. The van der Waals surface area contributed by atoms with Crippen LogP contribution in [0.15, 0.2) is 18.2 Å². The molecule has 2 heteroatoms. The van der Waals surface area contributed by atoms with Crippen LogP contribution in [0.1, 0.15) is 44.2 Å². The van der Waals surface area contributed by atoms with Gasteiger partial charge in [-0.05, 0) is 62.9 Å². The second kappa shape index (κ2) is 5.75. The summed E-state index contributed by atoms with van der Waals surface area (Å²) in [6.07, 6.45) is 4.68. The molecule has 100 valence electrons. The monoisotopic (exact) mass is 247 g/mol. The molecule has 0 saturated carbocycles. The molecule has 0 radical (unpaired) electrons. The van der Waals surface area contributed by atoms with E-state index in [1.165, 1.54) is 24.0 Å². The molecule has 1 aromatic rings. The Morgan fingerprint density at radius 2 is 1.83 bits per heavy atom. The fraction of sp³-hybridized carbons (Fsp3) is 0.625. The first kappa shape index (κ1) is 13.4. The fourth-order valence-electron chi connectivity index (χ4n) is 2.96. The highest BCUT2D eigenvalue weighted by molar-refractivity contribution is 5.41. The third-order valence-electron chi connectivity index (χ3n) is 4.04. The molecule has 2 aliphatic heterocycles. The predicted octanol–water partition coefficient (Wildman–Crippen LogP) is 3.47. The number of piperidine rings is 1. The van der Waals surface area contributed by atoms with Gasteiger partial charge in [0.25, 0.3) is 0 Å². The molecule has 0 bridgehead atoms. The smallest absolute Gasteiger partial charge is 0.123 e. The van der Waals surface area contributed by atoms with Gasteiger partial charge in [0.05, 0.1) is 0 Å². The van der Waals surface area contributed by atoms with Gasteiger partial charge in [-0.2, -0.15) is 0 Å². The Bertz CT molecular complexity index is 394. The van der Waals surface area contributed by atoms with E-state index in [2.05, 4.69) is 30.4 Å². The molecule has 1 aromatic carbocycles. The molecule has 2 aliphatic rings. The van der Waals surface area contributed by atoms with Crippen molar-refractivity contribution in [3.63, 3.8) is 0 Å². The topological polar surface area (TPSA) is 21.3 Å². The lowest BCUT2D eigenvalue weighted by atomic mass is 9.83. The molecule has 0 atom stereocenters. The number of ether oxygens (including phenoxy) is 1. The van der Waals surface area contributed by atoms with E-state index in [0.717, 1.165) is 31.7 Å². The lowest BCUT2D eigenvalue weighted by molar-refractivity contribution is 0.0168. The van der Waals surface area contributed by atoms with Crippen molar-refractivity contribution in [1.29, 1.82) is 0 Å². The largest absolute Gasteiger partial charge is 0.487 e. The highest BCUT2D eigenvalue weighted by Gasteiger charge is 2.37. The second-order valence-electron chi connectivity index (χ2n) is 5.09. The number of nitrogens with one attached hydrogen (secondary N) is 1. The molecule has 1 fully saturated rings. The van der Waals surface area contributed by atoms with Gasteiger partial charge >= 0.3 is 0 Å². The van der Waals surface area contributed by atoms with Crippen molar-refractivity contribution in [2.45, 2.75) is 52.1 Å². The number of benzene rings is 1. The Kier molecular flexibility index (Phi) is 4.28. The highest BCUT2D eigenvalue weighted by atomic mass is 16.5. The minimum atomic E-state index is 0.131. The summed E-state index contributed by atoms with van der Waals surface area (Å²) in [5, 5.41) is 3.41. The molecule has 0 aromatic heterocycles. The van der Waals surface area contributed by atoms with Crippen LogP contribution in [0.3, 0.4) is 0 Å². The Hall–Kier alpha value is -1.02. The molecule has 2 nitrogen and oxygen atoms in total. The zero-order chi connectivity index (χ0) is 13.0. The summed E-state index contributed by atoms with van der Waals surface area (Å²) in [5.41, 5.74) is 2.93. The molecule has 1 saturated heterocycles. The van der Waals surface area contributed by atoms with Crippen molar-refractivity contribution >= 4 is 0 Å². The van der Waals surface area contributed by atoms with Crippen LogP contribution < -0.4 is 10.1 Å². The third-order valence-corrected chi connectivity index (χ3v) is 4.04. The van der Waals surface area contributed by atoms with Crippen molar-refractivity contribution in [2.24, 2.45) is 0 Å². The maximum Gasteiger partial charge on any atom is 0.123 e. The fourth-order valence-corrected chi connectivity index (χ4v) is 2.96. The van der Waals surface area contributed by atoms with Gasteiger partial charge in [-0.1, -0.05) is 26.0 Å². The van der Waals surface area contributed by atoms with Gasteiger partial charge in [-0.25, -0.2) is 0 Å². The lowest BCUT2D eigenvalue weighted by Gasteiger charge is -2.42. The Morgan fingerprint density at radius 3 is 2.56 bits per heavy atom. The summed E-state index contributed by atoms with van der Waals surface area (Å²) >= 11 is 0. The zero-order valence-corrected chi connectivity index (χ0v) is 11.9. The van der Waals surface area contributed by atoms with Crippen LogP contribution in [0.2, 0.25) is 0 Å². The lowest BCUT2D eigenvalue weighted by Crippen LogP contribution is -2.48. The number of aryl methyl sites for hydroxylation is 1. The second-order valence-corrected chi connectivity index (χ2v) is 5.09. The summed E-state index contributed by atoms with van der Waals surface area (Å²) in [7, 11) is 0. The van der Waals surface area contributed by atoms with Gasteiger partial charge in [0.1, 0.15) is 11.4 Å². The quantitative estimate of drug-likeness (QED) is 0.758. The van der Waals surface area contributed by atoms with Gasteiger partial charge in [0.2, 0.25) is 0 Å². The van der Waals surface area contributed by atoms with Gasteiger partial charge < -0.3 is 10.1 Å². The van der Waals surface area contributed by atoms with E-state index in [1.54, 1.807) is 0 Å². The molecule has 0 unspecified atom stereocenters. The Labute approximate surface area is 111 Å². The van der Waals surface area contributed by atoms with Crippen LogP contribution in [0.25, 0.3) is 0 Å². The Balaban J connectivity index is 0.000000574. The van der Waals surface area contributed by atoms with E-state index in [4.69, 9.17) is 4.74 Å². The molecule has 0 aliphatic carbocycles. The SMILES string of the molecule is CC.Cc1cccc2c1CCC1(CCNCC1)O2. The van der Waals surface area contributed by atoms with Gasteiger partial charge in [0.15, 0.2) is 0 Å². The maximum atomic E-state index is 6.30. The van der Waals surface area contributed by atoms with Crippen LogP contribution in [0.4, 0.5) is 0 Å². The molecule has 18 heavy (non-hydrogen) atoms. The molecule has 0 amide bonds. The average molecular weight is 247 g/mol. The highest BCUT2D eigenvalue weighted by Crippen LogP contribution is 2.39. The third kappa shape index (κ3) is 2.54. The number of hydrogen-bond acceptors (Lipinski definition) is 2. The summed E-state index contributed by atoms with van der Waals surface area (Å²) in [6.45, 7) is 8.38. The standard InChI is InChI=1S/C14H19NO.C2H6/c1-11-3-2-4-13-12(11)5-6-14(16-13)7-9-15-10-8-14;1-2/h2-4,15H,5-10H2,1H3;1-2H3. The van der Waals surface area contributed by atoms with Crippen molar-refractivity contribution in [2.75, 3.05) is 13.1 Å². The molecule has 1 spiro atoms. The predicted molar refractivity (Wildman–Crippen MR) is 76.3 cm³/mol. The van der Waals surface area contributed by atoms with Gasteiger partial charge in [-0.3, -0.25) is 0 Å². The van der Waals surface area contributed by atoms with Crippen LogP contribution in [-0.4, -0.2) is 18.7 Å². The van der Waals surface area contributed by atoms with Crippen LogP contribution in [0.5, 0.6) is 5.75 Å². The van der Waals surface area contributed by atoms with E-state index < -0.39 is 0 Å². The molecule has 3 rings (SSSR count). The van der Waals surface area contributed by atoms with Crippen LogP contribution >= 0.6 is 0 Å². The minimum Gasteiger partial charge on any atom is -0.487 e. The van der Waals surface area contributed by atoms with Gasteiger partial charge in [-0.15, -0.1) is 0 Å². The number of rotatable bonds is 0. The first-order chi connectivity index (χ1) is 8.79. The average Bonchev–Trinajstić information content (AvgIpc) is 2.42. The van der Waals surface area contributed by atoms with Crippen molar-refractivity contribution < 1.29 is 4.74 Å². The van der Waals surface area contributed by atoms with E-state index in [9.17, 15) is 0 Å². The minimum absolute atomic E-state index is 0.131. The van der Waals surface area contributed by atoms with Crippen molar-refractivity contribution in [1.82, 2.24) is 5.32 Å².